The highest BCUT2D eigenvalue weighted by Crippen LogP contribution is 2.26. The Balaban J connectivity index is 0. The second-order valence-corrected chi connectivity index (χ2v) is 8.98. The van der Waals surface area contributed by atoms with Crippen molar-refractivity contribution in [1.82, 2.24) is 0 Å². The summed E-state index contributed by atoms with van der Waals surface area (Å²) in [6.45, 7) is 12.2. The van der Waals surface area contributed by atoms with E-state index in [0.29, 0.717) is 0 Å². The third-order valence-corrected chi connectivity index (χ3v) is 1.67. The molecule has 154 valence electrons. The van der Waals surface area contributed by atoms with E-state index in [1.807, 2.05) is 65.8 Å². The first-order chi connectivity index (χ1) is 11.2. The zero-order valence-corrected chi connectivity index (χ0v) is 17.3. The fraction of sp³-hybridized carbons (Fsp3) is 0.571. The minimum absolute atomic E-state index is 0.160. The summed E-state index contributed by atoms with van der Waals surface area (Å²) in [6.07, 6.45) is 0. The summed E-state index contributed by atoms with van der Waals surface area (Å²) >= 11 is 0. The lowest BCUT2D eigenvalue weighted by molar-refractivity contribution is 0.125. The number of hydrogen-bond donors (Lipinski definition) is 6. The highest BCUT2D eigenvalue weighted by Gasteiger charge is 2.13. The summed E-state index contributed by atoms with van der Waals surface area (Å²) < 4.78 is 29.2. The van der Waals surface area contributed by atoms with E-state index < -0.39 is 15.6 Å². The molecule has 1 aromatic rings. The third-order valence-electron chi connectivity index (χ3n) is 1.67. The first kappa shape index (κ1) is 27.3. The molecule has 6 N–H and O–H groups in total. The van der Waals surface area contributed by atoms with Gasteiger partial charge in [-0.3, -0.25) is 0 Å². The average molecular weight is 418 g/mol. The zero-order chi connectivity index (χ0) is 21.4. The Bertz CT molecular complexity index is 533. The van der Waals surface area contributed by atoms with Crippen LogP contribution in [0, 0.1) is 0 Å². The second kappa shape index (κ2) is 10.4. The topological polar surface area (TPSA) is 174 Å². The first-order valence-corrected chi connectivity index (χ1v) is 10.3. The summed E-state index contributed by atoms with van der Waals surface area (Å²) in [5.41, 5.74) is -0.321. The van der Waals surface area contributed by atoms with Gasteiger partial charge in [0.2, 0.25) is 0 Å². The molecule has 0 radical (unpaired) electrons. The summed E-state index contributed by atoms with van der Waals surface area (Å²) in [5, 5.41) is 0. The number of benzene rings is 1. The van der Waals surface area contributed by atoms with Crippen LogP contribution < -0.4 is 9.47 Å². The van der Waals surface area contributed by atoms with Gasteiger partial charge in [0.1, 0.15) is 22.7 Å². The van der Waals surface area contributed by atoms with Crippen LogP contribution in [-0.2, 0) is 9.13 Å². The zero-order valence-electron chi connectivity index (χ0n) is 15.5. The lowest BCUT2D eigenvalue weighted by atomic mass is 10.2. The van der Waals surface area contributed by atoms with Gasteiger partial charge in [-0.25, -0.2) is 9.13 Å². The van der Waals surface area contributed by atoms with Crippen molar-refractivity contribution in [3.05, 3.63) is 24.3 Å². The maximum absolute atomic E-state index is 8.88. The Kier molecular flexibility index (Phi) is 10.9. The molecule has 0 saturated carbocycles. The van der Waals surface area contributed by atoms with Gasteiger partial charge in [-0.15, -0.1) is 0 Å². The van der Waals surface area contributed by atoms with Crippen LogP contribution in [0.25, 0.3) is 0 Å². The molecule has 26 heavy (non-hydrogen) atoms. The SMILES string of the molecule is CC(C)(C)Oc1ccc(OC(C)(C)C)cc1.O=P(O)(O)O.O=P(O)(O)O. The monoisotopic (exact) mass is 418 g/mol. The maximum atomic E-state index is 8.88. The van der Waals surface area contributed by atoms with E-state index in [1.54, 1.807) is 0 Å². The third kappa shape index (κ3) is 30.9. The summed E-state index contributed by atoms with van der Waals surface area (Å²) in [4.78, 5) is 43.1. The van der Waals surface area contributed by atoms with E-state index in [0.717, 1.165) is 11.5 Å². The van der Waals surface area contributed by atoms with Gasteiger partial charge in [-0.2, -0.15) is 0 Å². The summed E-state index contributed by atoms with van der Waals surface area (Å²) in [7, 11) is -9.28. The Morgan fingerprint density at radius 3 is 0.885 bits per heavy atom. The lowest BCUT2D eigenvalue weighted by Crippen LogP contribution is -2.23. The van der Waals surface area contributed by atoms with Gasteiger partial charge in [0, 0.05) is 0 Å². The molecular formula is C14H28O10P2. The van der Waals surface area contributed by atoms with Crippen molar-refractivity contribution in [1.29, 1.82) is 0 Å². The Morgan fingerprint density at radius 1 is 0.615 bits per heavy atom. The Hall–Kier alpha value is -0.960. The van der Waals surface area contributed by atoms with Gasteiger partial charge in [-0.1, -0.05) is 0 Å². The van der Waals surface area contributed by atoms with Crippen molar-refractivity contribution < 1.29 is 48.0 Å². The smallest absolute Gasteiger partial charge is 0.466 e. The van der Waals surface area contributed by atoms with Crippen LogP contribution in [0.1, 0.15) is 41.5 Å². The van der Waals surface area contributed by atoms with E-state index >= 15 is 0 Å². The normalized spacial score (nSPS) is 12.2. The molecule has 0 amide bonds. The predicted octanol–water partition coefficient (Wildman–Crippen LogP) is 2.18. The quantitative estimate of drug-likeness (QED) is 0.391. The Morgan fingerprint density at radius 2 is 0.769 bits per heavy atom. The van der Waals surface area contributed by atoms with Crippen LogP contribution in [0.5, 0.6) is 11.5 Å². The molecular weight excluding hydrogens is 390 g/mol. The maximum Gasteiger partial charge on any atom is 0.466 e. The number of rotatable bonds is 2. The predicted molar refractivity (Wildman–Crippen MR) is 95.7 cm³/mol. The average Bonchev–Trinajstić information content (AvgIpc) is 2.23. The van der Waals surface area contributed by atoms with Gasteiger partial charge < -0.3 is 38.8 Å². The van der Waals surface area contributed by atoms with Gasteiger partial charge in [0.05, 0.1) is 0 Å². The molecule has 1 rings (SSSR count). The fourth-order valence-electron chi connectivity index (χ4n) is 1.28. The Labute approximate surface area is 152 Å². The van der Waals surface area contributed by atoms with Gasteiger partial charge in [0.25, 0.3) is 0 Å². The van der Waals surface area contributed by atoms with E-state index in [-0.39, 0.29) is 11.2 Å². The molecule has 0 fully saturated rings. The van der Waals surface area contributed by atoms with Crippen molar-refractivity contribution in [3.8, 4) is 11.5 Å². The van der Waals surface area contributed by atoms with Gasteiger partial charge in [0.15, 0.2) is 0 Å². The van der Waals surface area contributed by atoms with Crippen molar-refractivity contribution in [3.63, 3.8) is 0 Å². The summed E-state index contributed by atoms with van der Waals surface area (Å²) in [5.74, 6) is 1.74. The lowest BCUT2D eigenvalue weighted by Gasteiger charge is -2.23. The van der Waals surface area contributed by atoms with Crippen molar-refractivity contribution >= 4 is 15.6 Å². The van der Waals surface area contributed by atoms with E-state index in [4.69, 9.17) is 48.0 Å². The largest absolute Gasteiger partial charge is 0.488 e. The van der Waals surface area contributed by atoms with Crippen molar-refractivity contribution in [2.24, 2.45) is 0 Å². The number of hydrogen-bond acceptors (Lipinski definition) is 4. The molecule has 0 aromatic heterocycles. The molecule has 0 aliphatic heterocycles. The van der Waals surface area contributed by atoms with Crippen molar-refractivity contribution in [2.75, 3.05) is 0 Å². The van der Waals surface area contributed by atoms with Crippen LogP contribution in [0.4, 0.5) is 0 Å². The highest BCUT2D eigenvalue weighted by molar-refractivity contribution is 7.45. The summed E-state index contributed by atoms with van der Waals surface area (Å²) in [6, 6.07) is 7.75. The second-order valence-electron chi connectivity index (χ2n) is 6.93. The molecule has 0 bridgehead atoms. The minimum Gasteiger partial charge on any atom is -0.488 e. The van der Waals surface area contributed by atoms with Crippen molar-refractivity contribution in [2.45, 2.75) is 52.7 Å². The molecule has 10 nitrogen and oxygen atoms in total. The van der Waals surface area contributed by atoms with Gasteiger partial charge >= 0.3 is 15.6 Å². The molecule has 0 saturated heterocycles. The molecule has 0 heterocycles. The van der Waals surface area contributed by atoms with Crippen LogP contribution in [0.15, 0.2) is 24.3 Å². The van der Waals surface area contributed by atoms with E-state index in [9.17, 15) is 0 Å². The molecule has 0 aliphatic carbocycles. The number of ether oxygens (including phenoxy) is 2. The molecule has 0 spiro atoms. The fourth-order valence-corrected chi connectivity index (χ4v) is 1.28. The molecule has 0 unspecified atom stereocenters. The molecule has 0 atom stereocenters. The van der Waals surface area contributed by atoms with E-state index in [1.165, 1.54) is 0 Å². The molecule has 12 heteroatoms. The first-order valence-electron chi connectivity index (χ1n) is 7.20. The van der Waals surface area contributed by atoms with Gasteiger partial charge in [-0.05, 0) is 65.8 Å². The standard InChI is InChI=1S/C14H22O2.2H3O4P/c1-13(2,3)15-11-7-9-12(10-8-11)16-14(4,5)6;2*1-5(2,3)4/h7-10H,1-6H3;2*(H3,1,2,3,4). The highest BCUT2D eigenvalue weighted by atomic mass is 31.2. The van der Waals surface area contributed by atoms with Crippen LogP contribution in [0.2, 0.25) is 0 Å². The van der Waals surface area contributed by atoms with Crippen LogP contribution in [0.3, 0.4) is 0 Å². The van der Waals surface area contributed by atoms with Crippen LogP contribution >= 0.6 is 15.6 Å². The minimum atomic E-state index is -4.64. The van der Waals surface area contributed by atoms with Crippen LogP contribution in [-0.4, -0.2) is 40.6 Å². The molecule has 1 aromatic carbocycles. The molecule has 0 aliphatic rings. The number of phosphoric acid groups is 2. The van der Waals surface area contributed by atoms with E-state index in [2.05, 4.69) is 0 Å².